The first kappa shape index (κ1) is 43.6. The maximum absolute atomic E-state index is 5.06. The van der Waals surface area contributed by atoms with E-state index in [2.05, 4.69) is 49.4 Å². The number of para-hydroxylation sites is 3. The van der Waals surface area contributed by atoms with Crippen molar-refractivity contribution in [3.8, 4) is 45.6 Å². The molecule has 2 aromatic heterocycles. The van der Waals surface area contributed by atoms with Crippen molar-refractivity contribution in [2.45, 2.75) is 0 Å². The van der Waals surface area contributed by atoms with Gasteiger partial charge in [0.2, 0.25) is 0 Å². The fourth-order valence-electron chi connectivity index (χ4n) is 7.21. The van der Waals surface area contributed by atoms with E-state index in [0.29, 0.717) is 34.6 Å². The van der Waals surface area contributed by atoms with Crippen LogP contribution in [0.15, 0.2) is 181 Å². The summed E-state index contributed by atoms with van der Waals surface area (Å²) in [5, 5.41) is 12.5. The molecule has 2 aliphatic heterocycles. The summed E-state index contributed by atoms with van der Waals surface area (Å²) in [6, 6.07) is 52.5. The van der Waals surface area contributed by atoms with Crippen molar-refractivity contribution in [2.75, 3.05) is 0 Å². The van der Waals surface area contributed by atoms with Crippen molar-refractivity contribution in [1.82, 2.24) is 34.9 Å². The minimum absolute atomic E-state index is 0. The molecule has 0 spiro atoms. The molecule has 2 aliphatic rings. The summed E-state index contributed by atoms with van der Waals surface area (Å²) in [6.45, 7) is 0. The molecule has 0 fully saturated rings. The Bertz CT molecular complexity index is 3090. The second-order valence-electron chi connectivity index (χ2n) is 13.9. The van der Waals surface area contributed by atoms with Gasteiger partial charge in [-0.2, -0.15) is 24.3 Å². The van der Waals surface area contributed by atoms with Gasteiger partial charge in [-0.15, -0.1) is 35.0 Å². The smallest absolute Gasteiger partial charge is 0.357 e. The van der Waals surface area contributed by atoms with Crippen molar-refractivity contribution in [1.29, 1.82) is 0 Å². The van der Waals surface area contributed by atoms with E-state index in [1.807, 2.05) is 140 Å². The third-order valence-electron chi connectivity index (χ3n) is 10.0. The van der Waals surface area contributed by atoms with Crippen molar-refractivity contribution < 1.29 is 49.7 Å². The van der Waals surface area contributed by atoms with Crippen LogP contribution in [0.5, 0.6) is 0 Å². The van der Waals surface area contributed by atoms with Gasteiger partial charge in [-0.1, -0.05) is 84.9 Å². The van der Waals surface area contributed by atoms with E-state index in [1.165, 1.54) is 0 Å². The Balaban J connectivity index is 0.000000201. The third kappa shape index (κ3) is 9.04. The van der Waals surface area contributed by atoms with E-state index in [0.717, 1.165) is 71.9 Å². The number of nitrogens with zero attached hydrogens (tertiary/aromatic N) is 10. The van der Waals surface area contributed by atoms with Crippen LogP contribution in [0.1, 0.15) is 0 Å². The van der Waals surface area contributed by atoms with Crippen LogP contribution in [-0.2, 0) is 49.7 Å². The molecule has 0 aliphatic carbocycles. The molecule has 11 rings (SSSR count). The Kier molecular flexibility index (Phi) is 13.6. The Morgan fingerprint density at radius 1 is 0.500 bits per heavy atom. The van der Waals surface area contributed by atoms with Gasteiger partial charge in [-0.25, -0.2) is 9.97 Å². The number of fused-ring (bicyclic) bond motifs is 20. The van der Waals surface area contributed by atoms with E-state index in [1.54, 1.807) is 35.7 Å². The molecule has 0 atom stereocenters. The fraction of sp³-hybridized carbons (Fsp3) is 0. The number of hydrogen-bond acceptors (Lipinski definition) is 7. The van der Waals surface area contributed by atoms with Crippen LogP contribution >= 0.6 is 0 Å². The molecular weight excluding hydrogens is 920 g/mol. The summed E-state index contributed by atoms with van der Waals surface area (Å²) in [7, 11) is 0. The number of hydrogen-bond donors (Lipinski definition) is 0. The van der Waals surface area contributed by atoms with Gasteiger partial charge < -0.3 is 15.0 Å². The molecule has 0 amide bonds. The molecule has 10 nitrogen and oxygen atoms in total. The second-order valence-corrected chi connectivity index (χ2v) is 14.3. The average Bonchev–Trinajstić information content (AvgIpc) is 4.06. The predicted molar refractivity (Wildman–Crippen MR) is 247 cm³/mol. The van der Waals surface area contributed by atoms with Gasteiger partial charge in [0, 0.05) is 33.5 Å². The van der Waals surface area contributed by atoms with Crippen LogP contribution < -0.4 is 4.98 Å². The monoisotopic (exact) mass is 951 g/mol. The van der Waals surface area contributed by atoms with Crippen LogP contribution in [0.2, 0.25) is 0 Å². The van der Waals surface area contributed by atoms with Gasteiger partial charge in [0.25, 0.3) is 0 Å². The van der Waals surface area contributed by atoms with E-state index < -0.39 is 0 Å². The van der Waals surface area contributed by atoms with Gasteiger partial charge in [0.05, 0.1) is 11.6 Å². The molecule has 4 heterocycles. The standard InChI is InChI=1S/C33H17N7.C18H14N3.3Fe/c1-2-10-19-18(9-1)26-17-27(19)35-29-21-12-4-6-14-23(21)31(37-29)39-33-25-16-8-7-15-24(25)32(40-33)38-30-22-13-5-3-11-20(22)28(34-26)36-30;1-2-13-20-17-11-6-7-12-18(17)21-15-8-14-19-16-9-4-3-5-10-16;;;/h1-17H;1-9,11-15H;;;/q-2;-3;+1;2*+2. The number of aromatic nitrogens is 7. The molecule has 309 valence electrons. The van der Waals surface area contributed by atoms with Gasteiger partial charge >= 0.3 is 142 Å². The van der Waals surface area contributed by atoms with Crippen LogP contribution in [-0.4, -0.2) is 41.0 Å². The van der Waals surface area contributed by atoms with Gasteiger partial charge in [0.1, 0.15) is 0 Å². The maximum atomic E-state index is 5.06. The number of rotatable bonds is 7. The number of allylic oxidation sites excluding steroid dienone is 2. The van der Waals surface area contributed by atoms with Gasteiger partial charge in [-0.3, -0.25) is 9.97 Å². The van der Waals surface area contributed by atoms with Crippen molar-refractivity contribution in [3.05, 3.63) is 193 Å². The Hall–Kier alpha value is -7.07. The Labute approximate surface area is 397 Å². The van der Waals surface area contributed by atoms with Crippen molar-refractivity contribution in [3.63, 3.8) is 0 Å². The van der Waals surface area contributed by atoms with Crippen LogP contribution in [0, 0.1) is 6.07 Å². The molecule has 8 bridgehead atoms. The minimum atomic E-state index is 0. The normalized spacial score (nSPS) is 11.4. The van der Waals surface area contributed by atoms with E-state index in [4.69, 9.17) is 34.9 Å². The SMILES string of the molecule is [Fe+2].[Fe+2].[Fe+]=[CH]C=C[N-]c1ccccc1[N-]C=CC=Nc1[c-]cccc1.c1ccc2c(c1)-c1nc-2nc2[n-]c(nc3nc(nc4[cH-]c(n1)c1ccccc41)-c1ccccc1-3)c1ccccc21. The van der Waals surface area contributed by atoms with Gasteiger partial charge in [0.15, 0.2) is 11.6 Å². The molecule has 0 N–H and O–H groups in total. The molecule has 0 unspecified atom stereocenters. The van der Waals surface area contributed by atoms with Crippen LogP contribution in [0.4, 0.5) is 17.1 Å². The zero-order chi connectivity index (χ0) is 41.7. The van der Waals surface area contributed by atoms with Crippen molar-refractivity contribution in [2.24, 2.45) is 4.99 Å². The first-order valence-electron chi connectivity index (χ1n) is 19.7. The zero-order valence-electron chi connectivity index (χ0n) is 33.4. The molecule has 13 heteroatoms. The molecule has 0 saturated heterocycles. The second kappa shape index (κ2) is 20.0. The van der Waals surface area contributed by atoms with Crippen LogP contribution in [0.3, 0.4) is 0 Å². The molecule has 7 aromatic carbocycles. The Morgan fingerprint density at radius 3 is 1.42 bits per heavy atom. The van der Waals surface area contributed by atoms with Gasteiger partial charge in [-0.05, 0) is 21.8 Å². The summed E-state index contributed by atoms with van der Waals surface area (Å²) in [5.41, 5.74) is 8.84. The van der Waals surface area contributed by atoms with Crippen molar-refractivity contribution >= 4 is 72.1 Å². The Morgan fingerprint density at radius 2 is 0.938 bits per heavy atom. The fourth-order valence-corrected chi connectivity index (χ4v) is 7.30. The molecule has 0 saturated carbocycles. The summed E-state index contributed by atoms with van der Waals surface area (Å²) >= 11 is 3.61. The van der Waals surface area contributed by atoms with E-state index >= 15 is 0 Å². The first-order valence-corrected chi connectivity index (χ1v) is 20.3. The quantitative estimate of drug-likeness (QED) is 0.0882. The number of aliphatic imine (C=N–C) groups is 1. The summed E-state index contributed by atoms with van der Waals surface area (Å²) in [4.78, 5) is 40.7. The zero-order valence-corrected chi connectivity index (χ0v) is 36.7. The topological polar surface area (TPSA) is 132 Å². The third-order valence-corrected chi connectivity index (χ3v) is 10.2. The molecule has 0 radical (unpaired) electrons. The van der Waals surface area contributed by atoms with Crippen LogP contribution in [0.25, 0.3) is 100 Å². The van der Waals surface area contributed by atoms with E-state index in [9.17, 15) is 0 Å². The summed E-state index contributed by atoms with van der Waals surface area (Å²) < 4.78 is 0. The molecule has 9 aromatic rings. The van der Waals surface area contributed by atoms with E-state index in [-0.39, 0.29) is 34.1 Å². The summed E-state index contributed by atoms with van der Waals surface area (Å²) in [5.74, 6) is 2.39. The number of benzene rings is 6. The molecular formula is C51H31Fe3N10. The first-order chi connectivity index (χ1) is 30.7. The predicted octanol–water partition coefficient (Wildman–Crippen LogP) is 12.2. The minimum Gasteiger partial charge on any atom is -0.357 e. The average molecular weight is 951 g/mol. The summed E-state index contributed by atoms with van der Waals surface area (Å²) in [6.07, 6.45) is 8.62. The molecule has 64 heavy (non-hydrogen) atoms.